The number of amides is 2. The van der Waals surface area contributed by atoms with E-state index in [1.54, 1.807) is 23.9 Å². The Morgan fingerprint density at radius 2 is 1.68 bits per heavy atom. The number of thioether (sulfide) groups is 1. The smallest absolute Gasteiger partial charge is 0.240 e. The maximum atomic E-state index is 11.9. The van der Waals surface area contributed by atoms with E-state index in [0.717, 1.165) is 16.1 Å². The third-order valence-electron chi connectivity index (χ3n) is 3.31. The zero-order valence-corrected chi connectivity index (χ0v) is 15.1. The number of carbonyl (C=O) groups is 2. The van der Waals surface area contributed by atoms with Crippen LogP contribution in [0.25, 0.3) is 0 Å². The van der Waals surface area contributed by atoms with Gasteiger partial charge in [0.2, 0.25) is 11.8 Å². The number of nitrogens with one attached hydrogen (secondary N) is 2. The summed E-state index contributed by atoms with van der Waals surface area (Å²) in [5.74, 6) is 0.479. The molecule has 0 fully saturated rings. The van der Waals surface area contributed by atoms with E-state index in [1.807, 2.05) is 49.4 Å². The largest absolute Gasteiger partial charge is 0.326 e. The molecule has 2 amide bonds. The minimum absolute atomic E-state index is 0.112. The van der Waals surface area contributed by atoms with Gasteiger partial charge in [0.1, 0.15) is 0 Å². The standard InChI is InChI=1S/C19H21N3O2S/c1-14(16-8-10-17(11-9-16)20-15(2)23)21-22-19(24)12-13-25-18-6-4-3-5-7-18/h3-11H,12-13H2,1-2H3,(H,20,23)(H,22,24)/b21-14-. The summed E-state index contributed by atoms with van der Waals surface area (Å²) in [6.45, 7) is 3.29. The van der Waals surface area contributed by atoms with Crippen molar-refractivity contribution in [2.24, 2.45) is 5.10 Å². The molecule has 130 valence electrons. The first kappa shape index (κ1) is 18.7. The quantitative estimate of drug-likeness (QED) is 0.452. The van der Waals surface area contributed by atoms with E-state index in [9.17, 15) is 9.59 Å². The zero-order chi connectivity index (χ0) is 18.1. The Morgan fingerprint density at radius 3 is 2.32 bits per heavy atom. The third-order valence-corrected chi connectivity index (χ3v) is 4.33. The van der Waals surface area contributed by atoms with Crippen LogP contribution in [0.3, 0.4) is 0 Å². The molecule has 0 atom stereocenters. The second-order valence-electron chi connectivity index (χ2n) is 5.40. The molecule has 0 radical (unpaired) electrons. The Hall–Kier alpha value is -2.60. The van der Waals surface area contributed by atoms with E-state index in [1.165, 1.54) is 6.92 Å². The number of hydrogen-bond acceptors (Lipinski definition) is 4. The highest BCUT2D eigenvalue weighted by atomic mass is 32.2. The molecule has 0 unspecified atom stereocenters. The Morgan fingerprint density at radius 1 is 1.00 bits per heavy atom. The van der Waals surface area contributed by atoms with Crippen LogP contribution in [0, 0.1) is 0 Å². The first-order valence-electron chi connectivity index (χ1n) is 7.93. The maximum Gasteiger partial charge on any atom is 0.240 e. The molecule has 0 aliphatic heterocycles. The molecule has 2 aromatic carbocycles. The number of rotatable bonds is 7. The van der Waals surface area contributed by atoms with Crippen LogP contribution in [0.4, 0.5) is 5.69 Å². The van der Waals surface area contributed by atoms with Crippen LogP contribution in [0.15, 0.2) is 64.6 Å². The van der Waals surface area contributed by atoms with Crippen molar-refractivity contribution in [2.45, 2.75) is 25.2 Å². The fourth-order valence-corrected chi connectivity index (χ4v) is 2.92. The minimum atomic E-state index is -0.113. The van der Waals surface area contributed by atoms with Gasteiger partial charge in [-0.05, 0) is 36.8 Å². The highest BCUT2D eigenvalue weighted by Gasteiger charge is 2.03. The summed E-state index contributed by atoms with van der Waals surface area (Å²) in [5.41, 5.74) is 4.90. The molecule has 0 aromatic heterocycles. The Balaban J connectivity index is 1.79. The molecule has 5 nitrogen and oxygen atoms in total. The van der Waals surface area contributed by atoms with E-state index >= 15 is 0 Å². The van der Waals surface area contributed by atoms with Crippen molar-refractivity contribution >= 4 is 35.0 Å². The van der Waals surface area contributed by atoms with Crippen molar-refractivity contribution < 1.29 is 9.59 Å². The van der Waals surface area contributed by atoms with Crippen LogP contribution in [0.5, 0.6) is 0 Å². The van der Waals surface area contributed by atoms with Crippen molar-refractivity contribution in [3.05, 3.63) is 60.2 Å². The predicted molar refractivity (Wildman–Crippen MR) is 103 cm³/mol. The van der Waals surface area contributed by atoms with Crippen molar-refractivity contribution in [1.82, 2.24) is 5.43 Å². The van der Waals surface area contributed by atoms with Crippen LogP contribution < -0.4 is 10.7 Å². The summed E-state index contributed by atoms with van der Waals surface area (Å²) < 4.78 is 0. The lowest BCUT2D eigenvalue weighted by Gasteiger charge is -2.05. The van der Waals surface area contributed by atoms with Crippen molar-refractivity contribution in [3.8, 4) is 0 Å². The van der Waals surface area contributed by atoms with Gasteiger partial charge in [-0.2, -0.15) is 5.10 Å². The molecule has 2 N–H and O–H groups in total. The SMILES string of the molecule is CC(=O)Nc1ccc(/C(C)=N\NC(=O)CCSc2ccccc2)cc1. The molecule has 0 aliphatic rings. The first-order chi connectivity index (χ1) is 12.0. The summed E-state index contributed by atoms with van der Waals surface area (Å²) in [4.78, 5) is 24.0. The molecule has 0 heterocycles. The molecule has 0 saturated carbocycles. The van der Waals surface area contributed by atoms with E-state index < -0.39 is 0 Å². The summed E-state index contributed by atoms with van der Waals surface area (Å²) in [5, 5.41) is 6.84. The lowest BCUT2D eigenvalue weighted by atomic mass is 10.1. The minimum Gasteiger partial charge on any atom is -0.326 e. The number of nitrogens with zero attached hydrogens (tertiary/aromatic N) is 1. The third kappa shape index (κ3) is 6.81. The number of benzene rings is 2. The van der Waals surface area contributed by atoms with E-state index in [2.05, 4.69) is 15.8 Å². The van der Waals surface area contributed by atoms with Crippen LogP contribution in [0.2, 0.25) is 0 Å². The Kier molecular flexibility index (Phi) is 7.22. The van der Waals surface area contributed by atoms with Crippen molar-refractivity contribution in [1.29, 1.82) is 0 Å². The first-order valence-corrected chi connectivity index (χ1v) is 8.92. The molecule has 0 spiro atoms. The second kappa shape index (κ2) is 9.64. The second-order valence-corrected chi connectivity index (χ2v) is 6.57. The summed E-state index contributed by atoms with van der Waals surface area (Å²) >= 11 is 1.64. The molecule has 2 rings (SSSR count). The van der Waals surface area contributed by atoms with Gasteiger partial charge in [0, 0.05) is 29.7 Å². The molecule has 6 heteroatoms. The molecule has 25 heavy (non-hydrogen) atoms. The van der Waals surface area contributed by atoms with Crippen LogP contribution in [0.1, 0.15) is 25.8 Å². The highest BCUT2D eigenvalue weighted by molar-refractivity contribution is 7.99. The lowest BCUT2D eigenvalue weighted by Crippen LogP contribution is -2.19. The van der Waals surface area contributed by atoms with Gasteiger partial charge >= 0.3 is 0 Å². The average molecular weight is 355 g/mol. The van der Waals surface area contributed by atoms with Gasteiger partial charge in [-0.3, -0.25) is 9.59 Å². The number of hydrogen-bond donors (Lipinski definition) is 2. The fraction of sp³-hybridized carbons (Fsp3) is 0.211. The van der Waals surface area contributed by atoms with Crippen LogP contribution >= 0.6 is 11.8 Å². The zero-order valence-electron chi connectivity index (χ0n) is 14.3. The molecule has 2 aromatic rings. The maximum absolute atomic E-state index is 11.9. The summed E-state index contributed by atoms with van der Waals surface area (Å²) in [6, 6.07) is 17.3. The lowest BCUT2D eigenvalue weighted by molar-refractivity contribution is -0.120. The van der Waals surface area contributed by atoms with Gasteiger partial charge < -0.3 is 5.32 Å². The van der Waals surface area contributed by atoms with E-state index in [-0.39, 0.29) is 11.8 Å². The normalized spacial score (nSPS) is 11.0. The Labute approximate surface area is 151 Å². The monoisotopic (exact) mass is 355 g/mol. The summed E-state index contributed by atoms with van der Waals surface area (Å²) in [7, 11) is 0. The van der Waals surface area contributed by atoms with Gasteiger partial charge in [-0.15, -0.1) is 11.8 Å². The van der Waals surface area contributed by atoms with Crippen LogP contribution in [-0.2, 0) is 9.59 Å². The van der Waals surface area contributed by atoms with Crippen molar-refractivity contribution in [3.63, 3.8) is 0 Å². The fourth-order valence-electron chi connectivity index (χ4n) is 2.04. The summed E-state index contributed by atoms with van der Waals surface area (Å²) in [6.07, 6.45) is 0.401. The van der Waals surface area contributed by atoms with Gasteiger partial charge in [-0.1, -0.05) is 30.3 Å². The Bertz CT molecular complexity index is 743. The molecular formula is C19H21N3O2S. The number of carbonyl (C=O) groups excluding carboxylic acids is 2. The van der Waals surface area contributed by atoms with Crippen LogP contribution in [-0.4, -0.2) is 23.3 Å². The van der Waals surface area contributed by atoms with Crippen molar-refractivity contribution in [2.75, 3.05) is 11.1 Å². The number of hydrazone groups is 1. The molecule has 0 bridgehead atoms. The number of anilines is 1. The molecule has 0 aliphatic carbocycles. The van der Waals surface area contributed by atoms with Gasteiger partial charge in [0.05, 0.1) is 5.71 Å². The van der Waals surface area contributed by atoms with Gasteiger partial charge in [0.25, 0.3) is 0 Å². The highest BCUT2D eigenvalue weighted by Crippen LogP contribution is 2.17. The van der Waals surface area contributed by atoms with E-state index in [4.69, 9.17) is 0 Å². The molecule has 0 saturated heterocycles. The predicted octanol–water partition coefficient (Wildman–Crippen LogP) is 3.67. The van der Waals surface area contributed by atoms with Gasteiger partial charge in [0.15, 0.2) is 0 Å². The average Bonchev–Trinajstić information content (AvgIpc) is 2.61. The van der Waals surface area contributed by atoms with E-state index in [0.29, 0.717) is 17.9 Å². The molecular weight excluding hydrogens is 334 g/mol. The topological polar surface area (TPSA) is 70.6 Å². The van der Waals surface area contributed by atoms with Gasteiger partial charge in [-0.25, -0.2) is 5.43 Å².